The van der Waals surface area contributed by atoms with Crippen LogP contribution in [0.1, 0.15) is 77.5 Å². The van der Waals surface area contributed by atoms with E-state index < -0.39 is 70.6 Å². The number of phenols is 1. The molecule has 6 aliphatic rings. The number of pyridine rings is 3. The third-order valence-electron chi connectivity index (χ3n) is 16.7. The number of amides is 4. The van der Waals surface area contributed by atoms with E-state index in [1.54, 1.807) is 108 Å². The SMILES string of the molecule is C=C1N[C@@]2(c3cc(O)ccc3F)CO[C@@H](C)C[C@H]2C(=O)N1C.C[C@H]1C[C@H]2C(=O)N(C)C(N)=N[C@@]2(c2cc(Oc3ccccn3)ccc2F)CO1.C[C@H]1C[C@H]2C(=O)N(C)C(NC(=O)OC(C)(C)C)=N[C@@]2(c2cc(Oc3ccccn3)ccc2F)CO1.FF.FF.FF.OB(O)c1cccnc1. The molecule has 0 aliphatic carbocycles. The summed E-state index contributed by atoms with van der Waals surface area (Å²) in [5, 5.41) is 32.5. The van der Waals surface area contributed by atoms with E-state index in [-0.39, 0.29) is 90.2 Å². The summed E-state index contributed by atoms with van der Waals surface area (Å²) in [6, 6.07) is 26.1. The number of halogens is 9. The summed E-state index contributed by atoms with van der Waals surface area (Å²) in [4.78, 5) is 76.8. The zero-order valence-electron chi connectivity index (χ0n) is 55.6. The third-order valence-corrected chi connectivity index (χ3v) is 16.7. The first-order chi connectivity index (χ1) is 47.5. The molecule has 7 N–H and O–H groups in total. The van der Waals surface area contributed by atoms with Crippen molar-refractivity contribution in [3.63, 3.8) is 0 Å². The van der Waals surface area contributed by atoms with E-state index in [0.717, 1.165) is 0 Å². The first-order valence-corrected chi connectivity index (χ1v) is 30.6. The molecule has 0 bridgehead atoms. The van der Waals surface area contributed by atoms with Crippen molar-refractivity contribution in [3.05, 3.63) is 174 Å². The molecule has 6 aromatic rings. The summed E-state index contributed by atoms with van der Waals surface area (Å²) in [6.07, 6.45) is 6.16. The summed E-state index contributed by atoms with van der Waals surface area (Å²) in [5.41, 5.74) is 2.54. The molecule has 4 saturated heterocycles. The average molecular weight is 1410 g/mol. The topological polar surface area (TPSA) is 308 Å². The molecule has 4 amide bonds. The second kappa shape index (κ2) is 34.7. The number of nitrogens with one attached hydrogen (secondary N) is 2. The molecule has 12 rings (SSSR count). The van der Waals surface area contributed by atoms with Gasteiger partial charge >= 0.3 is 13.2 Å². The van der Waals surface area contributed by atoms with Crippen LogP contribution in [0.4, 0.5) is 45.4 Å². The number of carbonyl (C=O) groups is 4. The number of aromatic hydroxyl groups is 1. The van der Waals surface area contributed by atoms with E-state index in [0.29, 0.717) is 53.8 Å². The van der Waals surface area contributed by atoms with Crippen LogP contribution in [0.2, 0.25) is 0 Å². The van der Waals surface area contributed by atoms with Crippen molar-refractivity contribution in [1.82, 2.24) is 40.3 Å². The van der Waals surface area contributed by atoms with Crippen molar-refractivity contribution in [1.29, 1.82) is 0 Å². The fourth-order valence-corrected chi connectivity index (χ4v) is 11.8. The lowest BCUT2D eigenvalue weighted by atomic mass is 9.72. The van der Waals surface area contributed by atoms with Gasteiger partial charge in [-0.3, -0.25) is 34.5 Å². The van der Waals surface area contributed by atoms with E-state index in [1.165, 1.54) is 76.5 Å². The number of nitrogens with zero attached hydrogens (tertiary/aromatic N) is 8. The Bertz CT molecular complexity index is 3850. The van der Waals surface area contributed by atoms with Crippen molar-refractivity contribution < 1.29 is 103 Å². The van der Waals surface area contributed by atoms with E-state index >= 15 is 4.39 Å². The van der Waals surface area contributed by atoms with Gasteiger partial charge in [0.15, 0.2) is 5.96 Å². The Morgan fingerprint density at radius 3 is 1.58 bits per heavy atom. The van der Waals surface area contributed by atoms with Gasteiger partial charge in [-0.05, 0) is 134 Å². The quantitative estimate of drug-likeness (QED) is 0.0610. The van der Waals surface area contributed by atoms with Crippen LogP contribution in [0.15, 0.2) is 150 Å². The smallest absolute Gasteiger partial charge is 0.490 e. The number of benzene rings is 3. The second-order valence-electron chi connectivity index (χ2n) is 24.5. The molecule has 9 atom stereocenters. The summed E-state index contributed by atoms with van der Waals surface area (Å²) in [5.74, 6) is -2.19. The molecule has 0 saturated carbocycles. The van der Waals surface area contributed by atoms with Crippen molar-refractivity contribution in [3.8, 4) is 29.0 Å². The zero-order chi connectivity index (χ0) is 74.0. The summed E-state index contributed by atoms with van der Waals surface area (Å²) in [7, 11) is 3.32. The van der Waals surface area contributed by atoms with Gasteiger partial charge in [-0.15, -0.1) is 0 Å². The summed E-state index contributed by atoms with van der Waals surface area (Å²) >= 11 is 0. The Morgan fingerprint density at radius 2 is 1.11 bits per heavy atom. The first-order valence-electron chi connectivity index (χ1n) is 30.6. The third kappa shape index (κ3) is 18.3. The minimum atomic E-state index is -1.41. The molecule has 100 heavy (non-hydrogen) atoms. The summed E-state index contributed by atoms with van der Waals surface area (Å²) in [6.45, 7) is 14.8. The second-order valence-corrected chi connectivity index (χ2v) is 24.5. The van der Waals surface area contributed by atoms with Crippen LogP contribution in [-0.2, 0) is 49.9 Å². The lowest BCUT2D eigenvalue weighted by Crippen LogP contribution is -2.65. The molecule has 0 unspecified atom stereocenters. The molecule has 4 fully saturated rings. The van der Waals surface area contributed by atoms with Crippen LogP contribution < -0.4 is 31.3 Å². The number of alkyl carbamates (subject to hydrolysis) is 1. The van der Waals surface area contributed by atoms with Crippen LogP contribution in [0.5, 0.6) is 29.0 Å². The number of nitrogens with two attached hydrogens (primary N) is 1. The van der Waals surface area contributed by atoms with Crippen molar-refractivity contribution in [2.24, 2.45) is 33.5 Å². The van der Waals surface area contributed by atoms with Crippen molar-refractivity contribution >= 4 is 48.3 Å². The van der Waals surface area contributed by atoms with Gasteiger partial charge in [-0.1, -0.05) is 24.8 Å². The predicted molar refractivity (Wildman–Crippen MR) is 345 cm³/mol. The monoisotopic (exact) mass is 1410 g/mol. The van der Waals surface area contributed by atoms with Crippen molar-refractivity contribution in [2.75, 3.05) is 41.0 Å². The summed E-state index contributed by atoms with van der Waals surface area (Å²) < 4.78 is 127. The lowest BCUT2D eigenvalue weighted by Gasteiger charge is -2.51. The van der Waals surface area contributed by atoms with Gasteiger partial charge in [-0.2, -0.15) is 0 Å². The highest BCUT2D eigenvalue weighted by molar-refractivity contribution is 6.58. The Kier molecular flexibility index (Phi) is 27.5. The van der Waals surface area contributed by atoms with Gasteiger partial charge in [0.05, 0.1) is 55.9 Å². The van der Waals surface area contributed by atoms with Gasteiger partial charge in [0, 0.05) is 108 Å². The molecule has 538 valence electrons. The first kappa shape index (κ1) is 79.1. The molecule has 0 radical (unpaired) electrons. The van der Waals surface area contributed by atoms with Gasteiger partial charge in [0.25, 0.3) is 0 Å². The van der Waals surface area contributed by atoms with E-state index in [4.69, 9.17) is 76.6 Å². The molecule has 9 heterocycles. The number of phenolic OH excluding ortho intramolecular Hbond substituents is 1. The molecule has 0 spiro atoms. The predicted octanol–water partition coefficient (Wildman–Crippen LogP) is 9.37. The maximum Gasteiger partial charge on any atom is 0.490 e. The molecule has 24 nitrogen and oxygen atoms in total. The van der Waals surface area contributed by atoms with Crippen molar-refractivity contribution in [2.45, 2.75) is 101 Å². The highest BCUT2D eigenvalue weighted by atomic mass is 20.0. The van der Waals surface area contributed by atoms with E-state index in [2.05, 4.69) is 37.2 Å². The molecule has 3 aromatic carbocycles. The lowest BCUT2D eigenvalue weighted by molar-refractivity contribution is -0.153. The Labute approximate surface area is 569 Å². The molecular formula is C66H75BF9N11O13. The van der Waals surface area contributed by atoms with Crippen LogP contribution in [0.3, 0.4) is 0 Å². The van der Waals surface area contributed by atoms with Crippen LogP contribution in [0.25, 0.3) is 0 Å². The number of aliphatic imine (C=N–C) groups is 2. The highest BCUT2D eigenvalue weighted by Gasteiger charge is 2.57. The molecule has 34 heteroatoms. The highest BCUT2D eigenvalue weighted by Crippen LogP contribution is 2.49. The Hall–Kier alpha value is -9.90. The van der Waals surface area contributed by atoms with Gasteiger partial charge < -0.3 is 59.5 Å². The standard InChI is InChI=1S/C25H29FN4O5.C20H21FN4O3.C16H19FN2O3.C5H6BNO2.3F2/c1-15-12-18-21(31)30(5)22(28-23(32)35-24(2,3)4)29-25(18,14-33-15)17-13-16(9-10-19(17)26)34-20-8-6-7-11-27-20;1-12-9-15-18(26)25(2)19(22)24-20(15,11-27-12)14-10-13(6-7-16(14)21)28-17-5-3-4-8-23-17;1-9-6-13-15(21)19(3)10(2)18-16(13,8-22-9)12-7-11(20)4-5-14(12)17;8-6(9)5-2-1-3-7-4-5;3*1-2/h6-11,13,15,18H,12,14H2,1-5H3,(H,28,29,32);3-8,10,12,15H,9,11H2,1-2H3,(H2,22,24);4-5,7,9,13,18,20H,2,6,8H2,1,3H3;1-4,8-9H;;;/t15-,18-,25+;12-,15-,20+;9-,13-,16+;;;;/m000..../s1. The number of hydrogen-bond donors (Lipinski definition) is 6. The average Bonchev–Trinajstić information content (AvgIpc) is 0.744. The normalized spacial score (nSPS) is 24.1. The molecule has 6 aliphatic heterocycles. The van der Waals surface area contributed by atoms with Gasteiger partial charge in [0.1, 0.15) is 62.7 Å². The Morgan fingerprint density at radius 1 is 0.640 bits per heavy atom. The zero-order valence-corrected chi connectivity index (χ0v) is 55.6. The minimum absolute atomic E-state index is 0.0369. The number of ether oxygens (including phenoxy) is 6. The molecule has 3 aromatic heterocycles. The number of fused-ring (bicyclic) bond motifs is 3. The number of hydrogen-bond acceptors (Lipinski definition) is 20. The fourth-order valence-electron chi connectivity index (χ4n) is 11.8. The van der Waals surface area contributed by atoms with Gasteiger partial charge in [0.2, 0.25) is 35.4 Å². The Balaban J connectivity index is 0.000000218. The number of guanidine groups is 2. The maximum absolute atomic E-state index is 15.4. The maximum atomic E-state index is 15.4. The van der Waals surface area contributed by atoms with Gasteiger partial charge in [-0.25, -0.2) is 37.9 Å². The minimum Gasteiger partial charge on any atom is -0.508 e. The molecular weight excluding hydrogens is 1340 g/mol. The fraction of sp³-hybridized carbons (Fsp3) is 0.379. The van der Waals surface area contributed by atoms with Crippen LogP contribution in [-0.4, -0.2) is 153 Å². The van der Waals surface area contributed by atoms with Crippen LogP contribution in [0, 0.1) is 35.2 Å². The number of aromatic nitrogens is 3. The number of carbonyl (C=O) groups excluding carboxylic acids is 4. The number of rotatable bonds is 8. The van der Waals surface area contributed by atoms with E-state index in [1.807, 2.05) is 20.8 Å². The largest absolute Gasteiger partial charge is 0.508 e. The van der Waals surface area contributed by atoms with E-state index in [9.17, 15) is 33.1 Å². The van der Waals surface area contributed by atoms with Crippen LogP contribution >= 0.6 is 0 Å².